The molecular formula is C15H23NO3. The monoisotopic (exact) mass is 265 g/mol. The van der Waals surface area contributed by atoms with Crippen LogP contribution in [-0.2, 0) is 9.59 Å². The molecule has 3 aliphatic rings. The molecule has 0 aromatic heterocycles. The summed E-state index contributed by atoms with van der Waals surface area (Å²) < 4.78 is 0. The molecule has 2 bridgehead atoms. The fourth-order valence-electron chi connectivity index (χ4n) is 4.45. The van der Waals surface area contributed by atoms with Gasteiger partial charge < -0.3 is 10.4 Å². The van der Waals surface area contributed by atoms with Crippen molar-refractivity contribution in [3.8, 4) is 0 Å². The van der Waals surface area contributed by atoms with Gasteiger partial charge in [0.05, 0.1) is 5.92 Å². The molecule has 0 radical (unpaired) electrons. The summed E-state index contributed by atoms with van der Waals surface area (Å²) in [6.45, 7) is 0.814. The molecule has 0 heterocycles. The molecule has 0 aromatic rings. The number of carboxylic acid groups (broad SMARTS) is 1. The van der Waals surface area contributed by atoms with Crippen LogP contribution in [0.1, 0.15) is 44.9 Å². The third-order valence-electron chi connectivity index (χ3n) is 5.58. The third-order valence-corrected chi connectivity index (χ3v) is 5.58. The van der Waals surface area contributed by atoms with Crippen LogP contribution in [0.5, 0.6) is 0 Å². The molecule has 4 nitrogen and oxygen atoms in total. The summed E-state index contributed by atoms with van der Waals surface area (Å²) in [4.78, 5) is 23.0. The second kappa shape index (κ2) is 5.14. The molecule has 1 amide bonds. The summed E-state index contributed by atoms with van der Waals surface area (Å²) in [7, 11) is 0. The van der Waals surface area contributed by atoms with Crippen LogP contribution < -0.4 is 5.32 Å². The Hall–Kier alpha value is -1.06. The van der Waals surface area contributed by atoms with E-state index in [0.717, 1.165) is 24.8 Å². The van der Waals surface area contributed by atoms with Gasteiger partial charge in [-0.2, -0.15) is 0 Å². The molecule has 3 saturated carbocycles. The molecule has 4 heteroatoms. The minimum absolute atomic E-state index is 0.0697. The van der Waals surface area contributed by atoms with Gasteiger partial charge in [0, 0.05) is 12.5 Å². The second-order valence-corrected chi connectivity index (χ2v) is 6.73. The summed E-state index contributed by atoms with van der Waals surface area (Å²) in [5, 5.41) is 12.0. The van der Waals surface area contributed by atoms with Crippen molar-refractivity contribution in [1.82, 2.24) is 5.32 Å². The standard InChI is InChI=1S/C15H23NO3/c17-14(11-3-4-12(7-11)15(18)19)16-8-13-6-9-1-2-10(13)5-9/h9-13H,1-8H2,(H,16,17)(H,18,19)/t9?,10?,11-,12+,13?/m1/s1. The van der Waals surface area contributed by atoms with Gasteiger partial charge in [0.2, 0.25) is 5.91 Å². The van der Waals surface area contributed by atoms with E-state index in [4.69, 9.17) is 5.11 Å². The minimum Gasteiger partial charge on any atom is -0.481 e. The van der Waals surface area contributed by atoms with Gasteiger partial charge in [-0.25, -0.2) is 0 Å². The second-order valence-electron chi connectivity index (χ2n) is 6.73. The van der Waals surface area contributed by atoms with Gasteiger partial charge in [-0.15, -0.1) is 0 Å². The van der Waals surface area contributed by atoms with Crippen LogP contribution in [0.15, 0.2) is 0 Å². The van der Waals surface area contributed by atoms with Crippen molar-refractivity contribution in [3.63, 3.8) is 0 Å². The van der Waals surface area contributed by atoms with Crippen LogP contribution in [0, 0.1) is 29.6 Å². The first-order chi connectivity index (χ1) is 9.13. The SMILES string of the molecule is O=C(O)[C@H]1CC[C@@H](C(=O)NCC2CC3CCC2C3)C1. The lowest BCUT2D eigenvalue weighted by Gasteiger charge is -2.22. The first-order valence-corrected chi connectivity index (χ1v) is 7.64. The highest BCUT2D eigenvalue weighted by Gasteiger charge is 2.40. The number of rotatable bonds is 4. The first kappa shape index (κ1) is 12.9. The molecule has 0 aliphatic heterocycles. The molecule has 5 atom stereocenters. The lowest BCUT2D eigenvalue weighted by atomic mass is 9.88. The molecule has 3 unspecified atom stereocenters. The molecule has 0 spiro atoms. The minimum atomic E-state index is -0.747. The molecule has 2 N–H and O–H groups in total. The van der Waals surface area contributed by atoms with E-state index >= 15 is 0 Å². The predicted molar refractivity (Wildman–Crippen MR) is 70.4 cm³/mol. The van der Waals surface area contributed by atoms with Gasteiger partial charge in [0.15, 0.2) is 0 Å². The van der Waals surface area contributed by atoms with Gasteiger partial charge in [0.1, 0.15) is 0 Å². The summed E-state index contributed by atoms with van der Waals surface area (Å²) >= 11 is 0. The molecule has 3 rings (SSSR count). The number of aliphatic carboxylic acids is 1. The Balaban J connectivity index is 1.43. The van der Waals surface area contributed by atoms with E-state index in [1.807, 2.05) is 0 Å². The average Bonchev–Trinajstić information content (AvgIpc) is 3.10. The Bertz CT molecular complexity index is 382. The number of amides is 1. The number of hydrogen-bond acceptors (Lipinski definition) is 2. The first-order valence-electron chi connectivity index (χ1n) is 7.64. The van der Waals surface area contributed by atoms with Gasteiger partial charge in [0.25, 0.3) is 0 Å². The van der Waals surface area contributed by atoms with Gasteiger partial charge >= 0.3 is 5.97 Å². The summed E-state index contributed by atoms with van der Waals surface area (Å²) in [6.07, 6.45) is 7.30. The number of fused-ring (bicyclic) bond motifs is 2. The Labute approximate surface area is 113 Å². The van der Waals surface area contributed by atoms with Crippen molar-refractivity contribution in [1.29, 1.82) is 0 Å². The average molecular weight is 265 g/mol. The molecular weight excluding hydrogens is 242 g/mol. The quantitative estimate of drug-likeness (QED) is 0.817. The van der Waals surface area contributed by atoms with Crippen LogP contribution in [-0.4, -0.2) is 23.5 Å². The zero-order valence-electron chi connectivity index (χ0n) is 11.3. The van der Waals surface area contributed by atoms with Crippen LogP contribution in [0.4, 0.5) is 0 Å². The third kappa shape index (κ3) is 2.63. The predicted octanol–water partition coefficient (Wildman–Crippen LogP) is 2.04. The van der Waals surface area contributed by atoms with Crippen molar-refractivity contribution in [2.24, 2.45) is 29.6 Å². The topological polar surface area (TPSA) is 66.4 Å². The maximum absolute atomic E-state index is 12.1. The molecule has 0 saturated heterocycles. The van der Waals surface area contributed by atoms with Crippen molar-refractivity contribution in [2.75, 3.05) is 6.54 Å². The summed E-state index contributed by atoms with van der Waals surface area (Å²) in [5.74, 6) is 1.39. The van der Waals surface area contributed by atoms with Crippen LogP contribution >= 0.6 is 0 Å². The van der Waals surface area contributed by atoms with E-state index in [2.05, 4.69) is 5.32 Å². The lowest BCUT2D eigenvalue weighted by Crippen LogP contribution is -2.35. The summed E-state index contributed by atoms with van der Waals surface area (Å²) in [6, 6.07) is 0. The van der Waals surface area contributed by atoms with Gasteiger partial charge in [-0.3, -0.25) is 9.59 Å². The maximum atomic E-state index is 12.1. The molecule has 19 heavy (non-hydrogen) atoms. The largest absolute Gasteiger partial charge is 0.481 e. The Morgan fingerprint density at radius 3 is 2.37 bits per heavy atom. The van der Waals surface area contributed by atoms with E-state index in [0.29, 0.717) is 18.8 Å². The smallest absolute Gasteiger partial charge is 0.306 e. The number of hydrogen-bond donors (Lipinski definition) is 2. The van der Waals surface area contributed by atoms with E-state index in [-0.39, 0.29) is 17.7 Å². The zero-order valence-corrected chi connectivity index (χ0v) is 11.3. The number of carbonyl (C=O) groups is 2. The molecule has 0 aromatic carbocycles. The van der Waals surface area contributed by atoms with Crippen molar-refractivity contribution >= 4 is 11.9 Å². The molecule has 3 fully saturated rings. The Morgan fingerprint density at radius 2 is 1.79 bits per heavy atom. The number of nitrogens with one attached hydrogen (secondary N) is 1. The van der Waals surface area contributed by atoms with Crippen molar-refractivity contribution < 1.29 is 14.7 Å². The number of carboxylic acids is 1. The fourth-order valence-corrected chi connectivity index (χ4v) is 4.45. The fraction of sp³-hybridized carbons (Fsp3) is 0.867. The van der Waals surface area contributed by atoms with Gasteiger partial charge in [-0.05, 0) is 56.3 Å². The van der Waals surface area contributed by atoms with Crippen LogP contribution in [0.2, 0.25) is 0 Å². The highest BCUT2D eigenvalue weighted by atomic mass is 16.4. The van der Waals surface area contributed by atoms with E-state index in [9.17, 15) is 9.59 Å². The lowest BCUT2D eigenvalue weighted by molar-refractivity contribution is -0.141. The molecule has 3 aliphatic carbocycles. The Kier molecular flexibility index (Phi) is 3.50. The zero-order chi connectivity index (χ0) is 13.4. The highest BCUT2D eigenvalue weighted by Crippen LogP contribution is 2.48. The van der Waals surface area contributed by atoms with Gasteiger partial charge in [-0.1, -0.05) is 6.42 Å². The van der Waals surface area contributed by atoms with Crippen molar-refractivity contribution in [3.05, 3.63) is 0 Å². The van der Waals surface area contributed by atoms with Crippen molar-refractivity contribution in [2.45, 2.75) is 44.9 Å². The van der Waals surface area contributed by atoms with E-state index in [1.54, 1.807) is 0 Å². The summed E-state index contributed by atoms with van der Waals surface area (Å²) in [5.41, 5.74) is 0. The van der Waals surface area contributed by atoms with E-state index < -0.39 is 5.97 Å². The molecule has 106 valence electrons. The number of carbonyl (C=O) groups excluding carboxylic acids is 1. The van der Waals surface area contributed by atoms with Crippen LogP contribution in [0.25, 0.3) is 0 Å². The normalized spacial score (nSPS) is 40.5. The maximum Gasteiger partial charge on any atom is 0.306 e. The van der Waals surface area contributed by atoms with Crippen LogP contribution in [0.3, 0.4) is 0 Å². The van der Waals surface area contributed by atoms with E-state index in [1.165, 1.54) is 25.7 Å². The highest BCUT2D eigenvalue weighted by molar-refractivity contribution is 5.80. The Morgan fingerprint density at radius 1 is 1.00 bits per heavy atom.